The van der Waals surface area contributed by atoms with Crippen LogP contribution >= 0.6 is 0 Å². The van der Waals surface area contributed by atoms with E-state index in [-0.39, 0.29) is 0 Å². The highest BCUT2D eigenvalue weighted by atomic mass is 15.0. The van der Waals surface area contributed by atoms with Crippen LogP contribution in [0.15, 0.2) is 0 Å². The molecule has 1 aliphatic rings. The van der Waals surface area contributed by atoms with Crippen LogP contribution in [0.2, 0.25) is 0 Å². The van der Waals surface area contributed by atoms with Crippen molar-refractivity contribution in [3.8, 4) is 0 Å². The molecule has 0 saturated carbocycles. The van der Waals surface area contributed by atoms with Gasteiger partial charge in [0.25, 0.3) is 0 Å². The maximum atomic E-state index is 3.48. The summed E-state index contributed by atoms with van der Waals surface area (Å²) in [6.45, 7) is 5.78. The molecular weight excluding hydrogens is 98.1 g/mol. The fourth-order valence-electron chi connectivity index (χ4n) is 1.26. The predicted octanol–water partition coefficient (Wildman–Crippen LogP) is 1.54. The molecule has 8 heavy (non-hydrogen) atoms. The molecular formula is C7H15N. The van der Waals surface area contributed by atoms with Gasteiger partial charge in [0.05, 0.1) is 0 Å². The number of rotatable bonds is 1. The van der Waals surface area contributed by atoms with Gasteiger partial charge >= 0.3 is 0 Å². The van der Waals surface area contributed by atoms with Gasteiger partial charge in [-0.2, -0.15) is 0 Å². The lowest BCUT2D eigenvalue weighted by Crippen LogP contribution is -2.34. The molecule has 48 valence electrons. The van der Waals surface area contributed by atoms with Crippen LogP contribution < -0.4 is 5.32 Å². The van der Waals surface area contributed by atoms with Gasteiger partial charge in [0.2, 0.25) is 0 Å². The van der Waals surface area contributed by atoms with Crippen LogP contribution in [0.4, 0.5) is 0 Å². The van der Waals surface area contributed by atoms with E-state index >= 15 is 0 Å². The van der Waals surface area contributed by atoms with Gasteiger partial charge in [-0.15, -0.1) is 0 Å². The monoisotopic (exact) mass is 113 g/mol. The molecule has 0 aromatic rings. The SMILES string of the molecule is CC[C@@]1(C)CCCN1. The average Bonchev–Trinajstić information content (AvgIpc) is 2.17. The van der Waals surface area contributed by atoms with Crippen molar-refractivity contribution >= 4 is 0 Å². The highest BCUT2D eigenvalue weighted by Gasteiger charge is 2.24. The van der Waals surface area contributed by atoms with E-state index in [0.717, 1.165) is 0 Å². The molecule has 0 spiro atoms. The second kappa shape index (κ2) is 2.06. The zero-order valence-corrected chi connectivity index (χ0v) is 5.83. The van der Waals surface area contributed by atoms with Crippen LogP contribution in [0.1, 0.15) is 33.1 Å². The molecule has 0 bridgehead atoms. The molecule has 1 N–H and O–H groups in total. The Morgan fingerprint density at radius 1 is 1.62 bits per heavy atom. The molecule has 1 fully saturated rings. The summed E-state index contributed by atoms with van der Waals surface area (Å²) in [5.41, 5.74) is 0.486. The molecule has 0 unspecified atom stereocenters. The van der Waals surface area contributed by atoms with Gasteiger partial charge in [0.15, 0.2) is 0 Å². The quantitative estimate of drug-likeness (QED) is 0.544. The Labute approximate surface area is 51.5 Å². The molecule has 0 aromatic carbocycles. The van der Waals surface area contributed by atoms with Crippen LogP contribution in [0.25, 0.3) is 0 Å². The topological polar surface area (TPSA) is 12.0 Å². The average molecular weight is 113 g/mol. The van der Waals surface area contributed by atoms with Crippen LogP contribution in [0.5, 0.6) is 0 Å². The minimum atomic E-state index is 0.486. The van der Waals surface area contributed by atoms with Crippen molar-refractivity contribution in [3.05, 3.63) is 0 Å². The maximum absolute atomic E-state index is 3.48. The van der Waals surface area contributed by atoms with Gasteiger partial charge in [-0.25, -0.2) is 0 Å². The van der Waals surface area contributed by atoms with Crippen LogP contribution in [0.3, 0.4) is 0 Å². The van der Waals surface area contributed by atoms with E-state index in [9.17, 15) is 0 Å². The van der Waals surface area contributed by atoms with Crippen molar-refractivity contribution in [2.45, 2.75) is 38.6 Å². The zero-order valence-electron chi connectivity index (χ0n) is 5.83. The maximum Gasteiger partial charge on any atom is 0.0151 e. The van der Waals surface area contributed by atoms with Gasteiger partial charge in [0.1, 0.15) is 0 Å². The smallest absolute Gasteiger partial charge is 0.0151 e. The van der Waals surface area contributed by atoms with E-state index < -0.39 is 0 Å². The molecule has 0 aliphatic carbocycles. The first kappa shape index (κ1) is 6.09. The lowest BCUT2D eigenvalue weighted by molar-refractivity contribution is 0.401. The molecule has 1 nitrogen and oxygen atoms in total. The lowest BCUT2D eigenvalue weighted by Gasteiger charge is -2.21. The van der Waals surface area contributed by atoms with Crippen molar-refractivity contribution in [2.24, 2.45) is 0 Å². The molecule has 1 aliphatic heterocycles. The second-order valence-electron chi connectivity index (χ2n) is 2.94. The van der Waals surface area contributed by atoms with E-state index in [0.29, 0.717) is 5.54 Å². The number of nitrogens with one attached hydrogen (secondary N) is 1. The third-order valence-electron chi connectivity index (χ3n) is 2.24. The molecule has 1 atom stereocenters. The standard InChI is InChI=1S/C7H15N/c1-3-7(2)5-4-6-8-7/h8H,3-6H2,1-2H3/t7-/m0/s1. The summed E-state index contributed by atoms with van der Waals surface area (Å²) in [5.74, 6) is 0. The molecule has 1 rings (SSSR count). The molecule has 0 aromatic heterocycles. The zero-order chi connectivity index (χ0) is 6.04. The largest absolute Gasteiger partial charge is 0.312 e. The van der Waals surface area contributed by atoms with Crippen LogP contribution in [-0.2, 0) is 0 Å². The summed E-state index contributed by atoms with van der Waals surface area (Å²) in [7, 11) is 0. The van der Waals surface area contributed by atoms with Crippen molar-refractivity contribution in [1.82, 2.24) is 5.32 Å². The summed E-state index contributed by atoms with van der Waals surface area (Å²) < 4.78 is 0. The summed E-state index contributed by atoms with van der Waals surface area (Å²) in [5, 5.41) is 3.48. The second-order valence-corrected chi connectivity index (χ2v) is 2.94. The summed E-state index contributed by atoms with van der Waals surface area (Å²) in [4.78, 5) is 0. The van der Waals surface area contributed by atoms with Gasteiger partial charge in [-0.3, -0.25) is 0 Å². The number of hydrogen-bond acceptors (Lipinski definition) is 1. The van der Waals surface area contributed by atoms with Crippen molar-refractivity contribution < 1.29 is 0 Å². The summed E-state index contributed by atoms with van der Waals surface area (Å²) in [6, 6.07) is 0. The molecule has 0 radical (unpaired) electrons. The van der Waals surface area contributed by atoms with Gasteiger partial charge < -0.3 is 5.32 Å². The Morgan fingerprint density at radius 2 is 2.38 bits per heavy atom. The van der Waals surface area contributed by atoms with Crippen LogP contribution in [0, 0.1) is 0 Å². The van der Waals surface area contributed by atoms with Crippen molar-refractivity contribution in [3.63, 3.8) is 0 Å². The van der Waals surface area contributed by atoms with Crippen molar-refractivity contribution in [1.29, 1.82) is 0 Å². The van der Waals surface area contributed by atoms with E-state index in [1.807, 2.05) is 0 Å². The van der Waals surface area contributed by atoms with Gasteiger partial charge in [-0.05, 0) is 32.7 Å². The first-order valence-electron chi connectivity index (χ1n) is 3.52. The fourth-order valence-corrected chi connectivity index (χ4v) is 1.26. The highest BCUT2D eigenvalue weighted by Crippen LogP contribution is 2.20. The lowest BCUT2D eigenvalue weighted by atomic mass is 9.98. The Bertz CT molecular complexity index is 72.5. The molecule has 0 amide bonds. The number of hydrogen-bond donors (Lipinski definition) is 1. The molecule has 1 saturated heterocycles. The van der Waals surface area contributed by atoms with E-state index in [1.54, 1.807) is 0 Å². The van der Waals surface area contributed by atoms with Crippen molar-refractivity contribution in [2.75, 3.05) is 6.54 Å². The van der Waals surface area contributed by atoms with E-state index in [4.69, 9.17) is 0 Å². The summed E-state index contributed by atoms with van der Waals surface area (Å²) in [6.07, 6.45) is 4.00. The predicted molar refractivity (Wildman–Crippen MR) is 35.9 cm³/mol. The Hall–Kier alpha value is -0.0400. The first-order valence-corrected chi connectivity index (χ1v) is 3.52. The third-order valence-corrected chi connectivity index (χ3v) is 2.24. The van der Waals surface area contributed by atoms with Gasteiger partial charge in [-0.1, -0.05) is 6.92 Å². The Morgan fingerprint density at radius 3 is 2.62 bits per heavy atom. The Kier molecular flexibility index (Phi) is 1.57. The highest BCUT2D eigenvalue weighted by molar-refractivity contribution is 4.86. The normalized spacial score (nSPS) is 38.2. The minimum absolute atomic E-state index is 0.486. The summed E-state index contributed by atoms with van der Waals surface area (Å²) >= 11 is 0. The molecule has 1 heteroatoms. The molecule has 1 heterocycles. The third kappa shape index (κ3) is 1.03. The van der Waals surface area contributed by atoms with Crippen LogP contribution in [-0.4, -0.2) is 12.1 Å². The minimum Gasteiger partial charge on any atom is -0.312 e. The Balaban J connectivity index is 2.40. The fraction of sp³-hybridized carbons (Fsp3) is 1.00. The first-order chi connectivity index (χ1) is 3.77. The van der Waals surface area contributed by atoms with E-state index in [2.05, 4.69) is 19.2 Å². The van der Waals surface area contributed by atoms with Gasteiger partial charge in [0, 0.05) is 5.54 Å². The van der Waals surface area contributed by atoms with E-state index in [1.165, 1.54) is 25.8 Å².